The minimum Gasteiger partial charge on any atom is -0.497 e. The van der Waals surface area contributed by atoms with Crippen molar-refractivity contribution in [2.45, 2.75) is 17.6 Å². The summed E-state index contributed by atoms with van der Waals surface area (Å²) in [5, 5.41) is 11.4. The van der Waals surface area contributed by atoms with Crippen molar-refractivity contribution in [2.24, 2.45) is 5.10 Å². The van der Waals surface area contributed by atoms with E-state index in [-0.39, 0.29) is 17.7 Å². The summed E-state index contributed by atoms with van der Waals surface area (Å²) < 4.78 is 6.99. The number of methoxy groups -OCH3 is 1. The molecule has 8 heteroatoms. The first-order chi connectivity index (χ1) is 16.7. The monoisotopic (exact) mass is 469 g/mol. The third-order valence-corrected chi connectivity index (χ3v) is 6.43. The summed E-state index contributed by atoms with van der Waals surface area (Å²) in [6, 6.07) is 27.4. The average Bonchev–Trinajstić information content (AvgIpc) is 3.56. The maximum absolute atomic E-state index is 13.3. The van der Waals surface area contributed by atoms with Crippen LogP contribution < -0.4 is 4.74 Å². The first kappa shape index (κ1) is 21.9. The van der Waals surface area contributed by atoms with Gasteiger partial charge in [0.15, 0.2) is 0 Å². The molecule has 2 heterocycles. The number of rotatable bonds is 7. The quantitative estimate of drug-likeness (QED) is 0.366. The molecule has 5 rings (SSSR count). The van der Waals surface area contributed by atoms with Crippen molar-refractivity contribution in [3.8, 4) is 11.4 Å². The van der Waals surface area contributed by atoms with Gasteiger partial charge in [-0.05, 0) is 35.4 Å². The molecule has 4 aromatic rings. The number of para-hydroxylation sites is 1. The van der Waals surface area contributed by atoms with Crippen LogP contribution in [0.2, 0.25) is 0 Å². The highest BCUT2D eigenvalue weighted by atomic mass is 32.2. The molecule has 1 aromatic heterocycles. The summed E-state index contributed by atoms with van der Waals surface area (Å²) in [6.07, 6.45) is 2.30. The molecule has 1 aliphatic rings. The second kappa shape index (κ2) is 9.93. The van der Waals surface area contributed by atoms with E-state index < -0.39 is 0 Å². The van der Waals surface area contributed by atoms with Gasteiger partial charge in [-0.1, -0.05) is 72.4 Å². The van der Waals surface area contributed by atoms with E-state index >= 15 is 0 Å². The predicted octanol–water partition coefficient (Wildman–Crippen LogP) is 4.75. The summed E-state index contributed by atoms with van der Waals surface area (Å²) in [4.78, 5) is 17.6. The highest BCUT2D eigenvalue weighted by molar-refractivity contribution is 7.99. The Morgan fingerprint density at radius 1 is 1.00 bits per heavy atom. The predicted molar refractivity (Wildman–Crippen MR) is 132 cm³/mol. The molecular weight excluding hydrogens is 446 g/mol. The molecule has 0 aliphatic carbocycles. The van der Waals surface area contributed by atoms with E-state index in [2.05, 4.69) is 10.1 Å². The van der Waals surface area contributed by atoms with Crippen LogP contribution >= 0.6 is 11.8 Å². The van der Waals surface area contributed by atoms with Crippen LogP contribution in [0.5, 0.6) is 5.75 Å². The Bertz CT molecular complexity index is 1290. The van der Waals surface area contributed by atoms with Gasteiger partial charge in [-0.25, -0.2) is 14.7 Å². The van der Waals surface area contributed by atoms with E-state index in [0.29, 0.717) is 11.6 Å². The van der Waals surface area contributed by atoms with E-state index in [4.69, 9.17) is 9.84 Å². The Balaban J connectivity index is 1.34. The Morgan fingerprint density at radius 2 is 1.71 bits per heavy atom. The largest absolute Gasteiger partial charge is 0.497 e. The average molecular weight is 470 g/mol. The van der Waals surface area contributed by atoms with Gasteiger partial charge in [0.25, 0.3) is 5.91 Å². The summed E-state index contributed by atoms with van der Waals surface area (Å²) in [7, 11) is 1.64. The van der Waals surface area contributed by atoms with Crippen molar-refractivity contribution in [3.05, 3.63) is 102 Å². The Labute approximate surface area is 202 Å². The van der Waals surface area contributed by atoms with E-state index in [1.54, 1.807) is 23.1 Å². The molecule has 3 aromatic carbocycles. The molecule has 1 amide bonds. The number of carbonyl (C=O) groups is 1. The standard InChI is InChI=1S/C26H23N5O2S/c1-33-22-14-12-20(13-15-22)24-16-23(19-8-4-2-5-9-19)28-31(24)25(32)17-34-26-27-18-30(29-26)21-10-6-3-7-11-21/h2-15,18,24H,16-17H2,1H3. The Morgan fingerprint density at radius 3 is 2.41 bits per heavy atom. The van der Waals surface area contributed by atoms with Crippen molar-refractivity contribution >= 4 is 23.4 Å². The third kappa shape index (κ3) is 4.72. The highest BCUT2D eigenvalue weighted by Gasteiger charge is 2.33. The van der Waals surface area contributed by atoms with Crippen LogP contribution in [0.15, 0.2) is 102 Å². The molecule has 0 spiro atoms. The fraction of sp³-hybridized carbons (Fsp3) is 0.154. The van der Waals surface area contributed by atoms with Gasteiger partial charge >= 0.3 is 0 Å². The van der Waals surface area contributed by atoms with Crippen LogP contribution in [-0.2, 0) is 4.79 Å². The molecule has 0 saturated heterocycles. The minimum atomic E-state index is -0.177. The zero-order chi connectivity index (χ0) is 23.3. The molecule has 7 nitrogen and oxygen atoms in total. The molecular formula is C26H23N5O2S. The second-order valence-electron chi connectivity index (χ2n) is 7.74. The van der Waals surface area contributed by atoms with Crippen LogP contribution in [0.3, 0.4) is 0 Å². The smallest absolute Gasteiger partial charge is 0.253 e. The molecule has 1 aliphatic heterocycles. The first-order valence-corrected chi connectivity index (χ1v) is 11.9. The van der Waals surface area contributed by atoms with E-state index in [9.17, 15) is 4.79 Å². The number of nitrogens with zero attached hydrogens (tertiary/aromatic N) is 5. The van der Waals surface area contributed by atoms with Gasteiger partial charge in [-0.3, -0.25) is 4.79 Å². The second-order valence-corrected chi connectivity index (χ2v) is 8.68. The molecule has 0 bridgehead atoms. The fourth-order valence-electron chi connectivity index (χ4n) is 3.84. The molecule has 1 atom stereocenters. The molecule has 0 saturated carbocycles. The number of hydrazone groups is 1. The summed E-state index contributed by atoms with van der Waals surface area (Å²) >= 11 is 1.31. The number of ether oxygens (including phenoxy) is 1. The minimum absolute atomic E-state index is 0.0900. The zero-order valence-electron chi connectivity index (χ0n) is 18.6. The van der Waals surface area contributed by atoms with Crippen molar-refractivity contribution in [3.63, 3.8) is 0 Å². The molecule has 0 N–H and O–H groups in total. The molecule has 170 valence electrons. The van der Waals surface area contributed by atoms with Crippen molar-refractivity contribution < 1.29 is 9.53 Å². The van der Waals surface area contributed by atoms with Gasteiger partial charge in [0.05, 0.1) is 30.3 Å². The topological polar surface area (TPSA) is 72.6 Å². The van der Waals surface area contributed by atoms with E-state index in [1.807, 2.05) is 84.9 Å². The van der Waals surface area contributed by atoms with Crippen molar-refractivity contribution in [2.75, 3.05) is 12.9 Å². The van der Waals surface area contributed by atoms with Gasteiger partial charge in [0.2, 0.25) is 5.16 Å². The van der Waals surface area contributed by atoms with Gasteiger partial charge in [0, 0.05) is 6.42 Å². The lowest BCUT2D eigenvalue weighted by Crippen LogP contribution is -2.28. The Kier molecular flexibility index (Phi) is 6.40. The fourth-order valence-corrected chi connectivity index (χ4v) is 4.49. The van der Waals surface area contributed by atoms with Crippen LogP contribution in [0.4, 0.5) is 0 Å². The summed E-state index contributed by atoms with van der Waals surface area (Å²) in [5.74, 6) is 0.879. The summed E-state index contributed by atoms with van der Waals surface area (Å²) in [5.41, 5.74) is 3.85. The van der Waals surface area contributed by atoms with Gasteiger partial charge in [-0.2, -0.15) is 5.10 Å². The van der Waals surface area contributed by atoms with Gasteiger partial charge in [-0.15, -0.1) is 5.10 Å². The number of hydrogen-bond donors (Lipinski definition) is 0. The van der Waals surface area contributed by atoms with Crippen LogP contribution in [-0.4, -0.2) is 44.3 Å². The maximum atomic E-state index is 13.3. The molecule has 0 radical (unpaired) electrons. The maximum Gasteiger partial charge on any atom is 0.253 e. The molecule has 34 heavy (non-hydrogen) atoms. The molecule has 1 unspecified atom stereocenters. The number of aromatic nitrogens is 3. The van der Waals surface area contributed by atoms with Crippen LogP contribution in [0, 0.1) is 0 Å². The van der Waals surface area contributed by atoms with E-state index in [0.717, 1.165) is 28.3 Å². The highest BCUT2D eigenvalue weighted by Crippen LogP contribution is 2.34. The SMILES string of the molecule is COc1ccc(C2CC(c3ccccc3)=NN2C(=O)CSc2ncn(-c3ccccc3)n2)cc1. The van der Waals surface area contributed by atoms with E-state index in [1.165, 1.54) is 11.8 Å². The lowest BCUT2D eigenvalue weighted by Gasteiger charge is -2.22. The van der Waals surface area contributed by atoms with Crippen molar-refractivity contribution in [1.82, 2.24) is 19.8 Å². The zero-order valence-corrected chi connectivity index (χ0v) is 19.4. The lowest BCUT2D eigenvalue weighted by molar-refractivity contribution is -0.130. The summed E-state index contributed by atoms with van der Waals surface area (Å²) in [6.45, 7) is 0. The number of hydrogen-bond acceptors (Lipinski definition) is 6. The van der Waals surface area contributed by atoms with Crippen LogP contribution in [0.25, 0.3) is 5.69 Å². The number of benzene rings is 3. The number of thioether (sulfide) groups is 1. The molecule has 0 fully saturated rings. The third-order valence-electron chi connectivity index (χ3n) is 5.59. The first-order valence-electron chi connectivity index (χ1n) is 10.9. The number of carbonyl (C=O) groups excluding carboxylic acids is 1. The van der Waals surface area contributed by atoms with Gasteiger partial charge < -0.3 is 4.74 Å². The normalized spacial score (nSPS) is 15.3. The van der Waals surface area contributed by atoms with Crippen molar-refractivity contribution in [1.29, 1.82) is 0 Å². The Hall–Kier alpha value is -3.91. The van der Waals surface area contributed by atoms with Gasteiger partial charge in [0.1, 0.15) is 12.1 Å². The lowest BCUT2D eigenvalue weighted by atomic mass is 9.98. The number of amides is 1. The van der Waals surface area contributed by atoms with Crippen LogP contribution in [0.1, 0.15) is 23.6 Å².